The van der Waals surface area contributed by atoms with Crippen LogP contribution in [-0.2, 0) is 9.53 Å². The van der Waals surface area contributed by atoms with Crippen molar-refractivity contribution in [2.24, 2.45) is 5.41 Å². The first-order valence-electron chi connectivity index (χ1n) is 14.6. The van der Waals surface area contributed by atoms with Gasteiger partial charge in [-0.15, -0.1) is 0 Å². The number of likely N-dealkylation sites (tertiary alicyclic amines) is 1. The zero-order chi connectivity index (χ0) is 27.4. The molecule has 3 unspecified atom stereocenters. The lowest BCUT2D eigenvalue weighted by molar-refractivity contribution is -0.184. The van der Waals surface area contributed by atoms with Gasteiger partial charge in [-0.2, -0.15) is 0 Å². The van der Waals surface area contributed by atoms with Crippen molar-refractivity contribution in [3.8, 4) is 0 Å². The molecule has 7 heteroatoms. The number of hydrogen-bond donors (Lipinski definition) is 1. The highest BCUT2D eigenvalue weighted by atomic mass is 16.5. The average Bonchev–Trinajstić information content (AvgIpc) is 3.33. The molecule has 2 aromatic carbocycles. The first kappa shape index (κ1) is 25.5. The van der Waals surface area contributed by atoms with Crippen molar-refractivity contribution in [2.75, 3.05) is 39.4 Å². The first-order chi connectivity index (χ1) is 19.4. The van der Waals surface area contributed by atoms with E-state index in [4.69, 9.17) is 4.74 Å². The van der Waals surface area contributed by atoms with Crippen LogP contribution in [0.15, 0.2) is 78.9 Å². The monoisotopic (exact) mass is 539 g/mol. The summed E-state index contributed by atoms with van der Waals surface area (Å²) < 4.78 is 5.78. The summed E-state index contributed by atoms with van der Waals surface area (Å²) >= 11 is 0. The van der Waals surface area contributed by atoms with Crippen LogP contribution in [0.2, 0.25) is 0 Å². The van der Waals surface area contributed by atoms with Crippen LogP contribution in [-0.4, -0.2) is 82.3 Å². The molecule has 1 saturated carbocycles. The Morgan fingerprint density at radius 1 is 0.950 bits per heavy atom. The molecule has 40 heavy (non-hydrogen) atoms. The molecule has 3 amide bonds. The minimum absolute atomic E-state index is 0.0235. The molecule has 3 saturated heterocycles. The van der Waals surface area contributed by atoms with E-state index < -0.39 is 11.0 Å². The number of aliphatic hydroxyl groups is 1. The SMILES string of the molecule is O=C(N1CCC2(O)CN3C(=O)/C=C(c4ccccc4)\C=C/CC34CCC2(C1)C4)N1CCOC[C@H]1c1ccccc1. The number of piperidine rings is 2. The van der Waals surface area contributed by atoms with E-state index in [-0.39, 0.29) is 23.5 Å². The Labute approximate surface area is 235 Å². The summed E-state index contributed by atoms with van der Waals surface area (Å²) in [5, 5.41) is 12.2. The lowest BCUT2D eigenvalue weighted by atomic mass is 9.62. The van der Waals surface area contributed by atoms with E-state index in [9.17, 15) is 14.7 Å². The third kappa shape index (κ3) is 4.01. The van der Waals surface area contributed by atoms with E-state index >= 15 is 0 Å². The van der Waals surface area contributed by atoms with Gasteiger partial charge in [-0.25, -0.2) is 4.79 Å². The van der Waals surface area contributed by atoms with Crippen LogP contribution in [0.5, 0.6) is 0 Å². The Morgan fingerprint density at radius 3 is 2.52 bits per heavy atom. The van der Waals surface area contributed by atoms with Crippen molar-refractivity contribution in [1.82, 2.24) is 14.7 Å². The van der Waals surface area contributed by atoms with E-state index in [1.165, 1.54) is 0 Å². The van der Waals surface area contributed by atoms with Gasteiger partial charge in [0.1, 0.15) is 0 Å². The van der Waals surface area contributed by atoms with Gasteiger partial charge < -0.3 is 24.5 Å². The van der Waals surface area contributed by atoms with Crippen molar-refractivity contribution < 1.29 is 19.4 Å². The van der Waals surface area contributed by atoms with Gasteiger partial charge in [0.25, 0.3) is 0 Å². The fraction of sp³-hybridized carbons (Fsp3) is 0.455. The van der Waals surface area contributed by atoms with Crippen molar-refractivity contribution in [3.63, 3.8) is 0 Å². The van der Waals surface area contributed by atoms with Crippen LogP contribution >= 0.6 is 0 Å². The van der Waals surface area contributed by atoms with Crippen molar-refractivity contribution >= 4 is 17.5 Å². The number of carbonyl (C=O) groups excluding carboxylic acids is 2. The predicted octanol–water partition coefficient (Wildman–Crippen LogP) is 4.41. The number of amides is 3. The van der Waals surface area contributed by atoms with Crippen LogP contribution < -0.4 is 0 Å². The van der Waals surface area contributed by atoms with Gasteiger partial charge in [0, 0.05) is 36.7 Å². The van der Waals surface area contributed by atoms with Gasteiger partial charge in [0.05, 0.1) is 31.4 Å². The summed E-state index contributed by atoms with van der Waals surface area (Å²) in [5.41, 5.74) is 1.26. The van der Waals surface area contributed by atoms with E-state index in [1.54, 1.807) is 6.08 Å². The zero-order valence-electron chi connectivity index (χ0n) is 22.9. The number of nitrogens with zero attached hydrogens (tertiary/aromatic N) is 3. The fourth-order valence-electron chi connectivity index (χ4n) is 8.09. The molecule has 208 valence electrons. The second kappa shape index (κ2) is 9.60. The average molecular weight is 540 g/mol. The molecule has 0 radical (unpaired) electrons. The standard InChI is InChI=1S/C33H37N3O4/c37-29-20-27(25-8-3-1-4-9-25)12-7-13-32-15-14-31(22-32)23-34(17-16-33(31,39)24-36(29)32)30(38)35-18-19-40-21-28(35)26-10-5-2-6-11-26/h1-12,20,28,39H,13-19,21-24H2/b12-7-,27-20+/t28-,31?,32?,33?/m0/s1. The van der Waals surface area contributed by atoms with E-state index in [0.717, 1.165) is 42.4 Å². The molecule has 4 aliphatic heterocycles. The molecule has 4 heterocycles. The molecule has 7 rings (SSSR count). The van der Waals surface area contributed by atoms with Crippen LogP contribution in [0.4, 0.5) is 4.79 Å². The minimum Gasteiger partial charge on any atom is -0.387 e. The van der Waals surface area contributed by atoms with Gasteiger partial charge in [-0.05, 0) is 48.8 Å². The van der Waals surface area contributed by atoms with E-state index in [1.807, 2.05) is 63.2 Å². The van der Waals surface area contributed by atoms with E-state index in [2.05, 4.69) is 24.3 Å². The zero-order valence-corrected chi connectivity index (χ0v) is 22.9. The highest BCUT2D eigenvalue weighted by molar-refractivity contribution is 5.98. The van der Waals surface area contributed by atoms with Gasteiger partial charge in [0.2, 0.25) is 5.91 Å². The highest BCUT2D eigenvalue weighted by Crippen LogP contribution is 2.61. The number of hydrogen-bond acceptors (Lipinski definition) is 4. The molecule has 4 atom stereocenters. The van der Waals surface area contributed by atoms with Crippen molar-refractivity contribution in [3.05, 3.63) is 90.0 Å². The lowest BCUT2D eigenvalue weighted by Crippen LogP contribution is -2.71. The maximum atomic E-state index is 14.0. The largest absolute Gasteiger partial charge is 0.387 e. The first-order valence-corrected chi connectivity index (χ1v) is 14.6. The lowest BCUT2D eigenvalue weighted by Gasteiger charge is -2.60. The number of carbonyl (C=O) groups is 2. The van der Waals surface area contributed by atoms with Gasteiger partial charge in [-0.1, -0.05) is 72.8 Å². The minimum atomic E-state index is -1.01. The number of rotatable bonds is 2. The smallest absolute Gasteiger partial charge is 0.320 e. The summed E-state index contributed by atoms with van der Waals surface area (Å²) in [4.78, 5) is 33.7. The Kier molecular flexibility index (Phi) is 6.13. The summed E-state index contributed by atoms with van der Waals surface area (Å²) in [6.45, 7) is 2.91. The summed E-state index contributed by atoms with van der Waals surface area (Å²) in [6, 6.07) is 20.0. The van der Waals surface area contributed by atoms with Crippen molar-refractivity contribution in [1.29, 1.82) is 0 Å². The van der Waals surface area contributed by atoms with Crippen LogP contribution in [0, 0.1) is 5.41 Å². The maximum Gasteiger partial charge on any atom is 0.320 e. The Balaban J connectivity index is 1.14. The maximum absolute atomic E-state index is 14.0. The molecule has 5 aliphatic rings. The summed E-state index contributed by atoms with van der Waals surface area (Å²) in [5.74, 6) is -0.0235. The molecule has 2 aromatic rings. The summed E-state index contributed by atoms with van der Waals surface area (Å²) in [6.07, 6.45) is 9.61. The van der Waals surface area contributed by atoms with Crippen LogP contribution in [0.3, 0.4) is 0 Å². The van der Waals surface area contributed by atoms with Crippen LogP contribution in [0.25, 0.3) is 5.57 Å². The number of ether oxygens (including phenoxy) is 1. The normalized spacial score (nSPS) is 35.6. The molecule has 4 fully saturated rings. The topological polar surface area (TPSA) is 73.3 Å². The van der Waals surface area contributed by atoms with Gasteiger partial charge in [-0.3, -0.25) is 4.79 Å². The van der Waals surface area contributed by atoms with Crippen LogP contribution in [0.1, 0.15) is 49.3 Å². The Hall–Kier alpha value is -3.42. The van der Waals surface area contributed by atoms with E-state index in [0.29, 0.717) is 45.8 Å². The fourth-order valence-corrected chi connectivity index (χ4v) is 8.09. The van der Waals surface area contributed by atoms with Gasteiger partial charge >= 0.3 is 6.03 Å². The number of morpholine rings is 1. The number of urea groups is 1. The molecule has 2 bridgehead atoms. The molecule has 7 nitrogen and oxygen atoms in total. The van der Waals surface area contributed by atoms with Crippen molar-refractivity contribution in [2.45, 2.75) is 49.3 Å². The third-order valence-electron chi connectivity index (χ3n) is 10.3. The third-order valence-corrected chi connectivity index (χ3v) is 10.3. The Bertz CT molecular complexity index is 1360. The molecule has 1 N–H and O–H groups in total. The Morgan fingerprint density at radius 2 is 1.73 bits per heavy atom. The molecule has 1 aliphatic carbocycles. The molecular weight excluding hydrogens is 502 g/mol. The summed E-state index contributed by atoms with van der Waals surface area (Å²) in [7, 11) is 0. The number of β-amino-alcohol motifs (C(OH)–C–C–N with tert-alkyl or cyclic N) is 1. The predicted molar refractivity (Wildman–Crippen MR) is 152 cm³/mol. The quantitative estimate of drug-likeness (QED) is 0.614. The highest BCUT2D eigenvalue weighted by Gasteiger charge is 2.67. The second-order valence-electron chi connectivity index (χ2n) is 12.4. The second-order valence-corrected chi connectivity index (χ2v) is 12.4. The molecule has 2 spiro atoms. The number of benzene rings is 2. The molecular formula is C33H37N3O4. The molecule has 0 aromatic heterocycles. The van der Waals surface area contributed by atoms with Gasteiger partial charge in [0.15, 0.2) is 0 Å². The number of allylic oxidation sites excluding steroid dienone is 2.